The zero-order chi connectivity index (χ0) is 13.7. The van der Waals surface area contributed by atoms with Crippen LogP contribution in [0.3, 0.4) is 0 Å². The molecule has 2 rings (SSSR count). The van der Waals surface area contributed by atoms with Gasteiger partial charge in [0.05, 0.1) is 7.11 Å². The largest absolute Gasteiger partial charge is 0.497 e. The minimum absolute atomic E-state index is 0.450. The lowest BCUT2D eigenvalue weighted by Gasteiger charge is -2.12. The number of methoxy groups -OCH3 is 1. The maximum atomic E-state index is 5.83. The molecule has 2 aromatic carbocycles. The molecule has 0 saturated heterocycles. The third-order valence-corrected chi connectivity index (χ3v) is 3.52. The number of benzene rings is 2. The van der Waals surface area contributed by atoms with Crippen molar-refractivity contribution in [3.05, 3.63) is 57.2 Å². The highest BCUT2D eigenvalue weighted by atomic mass is 127. The summed E-state index contributed by atoms with van der Waals surface area (Å²) in [6.07, 6.45) is 0. The summed E-state index contributed by atoms with van der Waals surface area (Å²) in [5, 5.41) is 0. The third kappa shape index (κ3) is 3.84. The topological polar surface area (TPSA) is 44.5 Å². The summed E-state index contributed by atoms with van der Waals surface area (Å²) in [4.78, 5) is 0. The Balaban J connectivity index is 2.11. The summed E-state index contributed by atoms with van der Waals surface area (Å²) in [6, 6.07) is 13.9. The van der Waals surface area contributed by atoms with E-state index in [-0.39, 0.29) is 0 Å². The van der Waals surface area contributed by atoms with Gasteiger partial charge in [-0.3, -0.25) is 0 Å². The minimum atomic E-state index is 0.450. The van der Waals surface area contributed by atoms with Crippen molar-refractivity contribution in [2.45, 2.75) is 13.2 Å². The van der Waals surface area contributed by atoms with Crippen LogP contribution in [0.2, 0.25) is 0 Å². The number of nitrogens with two attached hydrogens (primary N) is 1. The number of rotatable bonds is 5. The molecule has 19 heavy (non-hydrogen) atoms. The molecule has 0 fully saturated rings. The zero-order valence-corrected chi connectivity index (χ0v) is 12.9. The lowest BCUT2D eigenvalue weighted by molar-refractivity contribution is 0.300. The fourth-order valence-corrected chi connectivity index (χ4v) is 2.07. The fourth-order valence-electron chi connectivity index (χ4n) is 1.71. The molecule has 100 valence electrons. The van der Waals surface area contributed by atoms with Crippen molar-refractivity contribution in [1.82, 2.24) is 0 Å². The molecule has 0 aliphatic heterocycles. The summed E-state index contributed by atoms with van der Waals surface area (Å²) in [6.45, 7) is 0.975. The van der Waals surface area contributed by atoms with Crippen LogP contribution in [-0.2, 0) is 13.2 Å². The van der Waals surface area contributed by atoms with Gasteiger partial charge in [-0.05, 0) is 46.4 Å². The maximum Gasteiger partial charge on any atom is 0.127 e. The Labute approximate surface area is 126 Å². The van der Waals surface area contributed by atoms with Crippen LogP contribution in [0.1, 0.15) is 11.1 Å². The van der Waals surface area contributed by atoms with Crippen molar-refractivity contribution < 1.29 is 9.47 Å². The normalized spacial score (nSPS) is 10.3. The van der Waals surface area contributed by atoms with Gasteiger partial charge >= 0.3 is 0 Å². The number of ether oxygens (including phenoxy) is 2. The molecule has 0 aliphatic rings. The molecule has 4 heteroatoms. The van der Waals surface area contributed by atoms with Gasteiger partial charge in [0.15, 0.2) is 0 Å². The van der Waals surface area contributed by atoms with Gasteiger partial charge in [-0.15, -0.1) is 0 Å². The van der Waals surface area contributed by atoms with Crippen LogP contribution in [0.4, 0.5) is 0 Å². The van der Waals surface area contributed by atoms with E-state index >= 15 is 0 Å². The first-order valence-electron chi connectivity index (χ1n) is 5.97. The Morgan fingerprint density at radius 1 is 1.11 bits per heavy atom. The van der Waals surface area contributed by atoms with Crippen molar-refractivity contribution in [3.8, 4) is 11.5 Å². The molecule has 0 bridgehead atoms. The quantitative estimate of drug-likeness (QED) is 0.823. The van der Waals surface area contributed by atoms with E-state index in [1.807, 2.05) is 18.2 Å². The van der Waals surface area contributed by atoms with Crippen LogP contribution in [-0.4, -0.2) is 7.11 Å². The average molecular weight is 369 g/mol. The smallest absolute Gasteiger partial charge is 0.127 e. The minimum Gasteiger partial charge on any atom is -0.497 e. The second-order valence-electron chi connectivity index (χ2n) is 4.09. The van der Waals surface area contributed by atoms with Crippen molar-refractivity contribution >= 4 is 22.6 Å². The van der Waals surface area contributed by atoms with Gasteiger partial charge in [0, 0.05) is 21.7 Å². The van der Waals surface area contributed by atoms with E-state index in [1.165, 1.54) is 3.57 Å². The molecular weight excluding hydrogens is 353 g/mol. The van der Waals surface area contributed by atoms with Crippen molar-refractivity contribution in [2.75, 3.05) is 7.11 Å². The average Bonchev–Trinajstić information content (AvgIpc) is 2.46. The standard InChI is InChI=1S/C15H16INO2/c1-18-14-7-4-12(9-17)15(8-14)19-10-11-2-5-13(16)6-3-11/h2-8H,9-10,17H2,1H3. The molecule has 0 saturated carbocycles. The van der Waals surface area contributed by atoms with Crippen LogP contribution >= 0.6 is 22.6 Å². The van der Waals surface area contributed by atoms with Crippen LogP contribution < -0.4 is 15.2 Å². The highest BCUT2D eigenvalue weighted by Gasteiger charge is 2.05. The molecule has 0 amide bonds. The van der Waals surface area contributed by atoms with E-state index in [0.717, 1.165) is 22.6 Å². The van der Waals surface area contributed by atoms with Crippen LogP contribution in [0.15, 0.2) is 42.5 Å². The lowest BCUT2D eigenvalue weighted by atomic mass is 10.2. The Kier molecular flexibility index (Phi) is 5.04. The van der Waals surface area contributed by atoms with Gasteiger partial charge in [0.2, 0.25) is 0 Å². The Morgan fingerprint density at radius 2 is 1.84 bits per heavy atom. The van der Waals surface area contributed by atoms with Gasteiger partial charge in [0.1, 0.15) is 18.1 Å². The lowest BCUT2D eigenvalue weighted by Crippen LogP contribution is -2.03. The summed E-state index contributed by atoms with van der Waals surface area (Å²) in [5.41, 5.74) is 7.82. The summed E-state index contributed by atoms with van der Waals surface area (Å²) < 4.78 is 12.2. The SMILES string of the molecule is COc1ccc(CN)c(OCc2ccc(I)cc2)c1. The number of hydrogen-bond acceptors (Lipinski definition) is 3. The molecule has 2 N–H and O–H groups in total. The molecular formula is C15H16INO2. The van der Waals surface area contributed by atoms with Gasteiger partial charge in [-0.2, -0.15) is 0 Å². The van der Waals surface area contributed by atoms with E-state index in [9.17, 15) is 0 Å². The Hall–Kier alpha value is -1.27. The van der Waals surface area contributed by atoms with Crippen LogP contribution in [0.25, 0.3) is 0 Å². The van der Waals surface area contributed by atoms with Gasteiger partial charge < -0.3 is 15.2 Å². The van der Waals surface area contributed by atoms with E-state index in [2.05, 4.69) is 46.9 Å². The second-order valence-corrected chi connectivity index (χ2v) is 5.34. The Bertz CT molecular complexity index is 540. The number of halogens is 1. The molecule has 0 radical (unpaired) electrons. The first-order valence-corrected chi connectivity index (χ1v) is 7.05. The zero-order valence-electron chi connectivity index (χ0n) is 10.7. The second kappa shape index (κ2) is 6.77. The van der Waals surface area contributed by atoms with Gasteiger partial charge in [-0.25, -0.2) is 0 Å². The third-order valence-electron chi connectivity index (χ3n) is 2.80. The van der Waals surface area contributed by atoms with Crippen LogP contribution in [0.5, 0.6) is 11.5 Å². The van der Waals surface area contributed by atoms with E-state index in [0.29, 0.717) is 13.2 Å². The molecule has 0 aliphatic carbocycles. The van der Waals surface area contributed by atoms with Crippen molar-refractivity contribution in [2.24, 2.45) is 5.73 Å². The predicted octanol–water partition coefficient (Wildman–Crippen LogP) is 3.34. The molecule has 3 nitrogen and oxygen atoms in total. The summed E-state index contributed by atoms with van der Waals surface area (Å²) >= 11 is 2.28. The van der Waals surface area contributed by atoms with E-state index in [1.54, 1.807) is 7.11 Å². The fraction of sp³-hybridized carbons (Fsp3) is 0.200. The van der Waals surface area contributed by atoms with Crippen molar-refractivity contribution in [1.29, 1.82) is 0 Å². The van der Waals surface area contributed by atoms with Crippen molar-refractivity contribution in [3.63, 3.8) is 0 Å². The summed E-state index contributed by atoms with van der Waals surface area (Å²) in [5.74, 6) is 1.55. The molecule has 2 aromatic rings. The Morgan fingerprint density at radius 3 is 2.47 bits per heavy atom. The highest BCUT2D eigenvalue weighted by molar-refractivity contribution is 14.1. The molecule has 0 atom stereocenters. The highest BCUT2D eigenvalue weighted by Crippen LogP contribution is 2.25. The van der Waals surface area contributed by atoms with Gasteiger partial charge in [0.25, 0.3) is 0 Å². The first kappa shape index (κ1) is 14.1. The maximum absolute atomic E-state index is 5.83. The van der Waals surface area contributed by atoms with Crippen LogP contribution in [0, 0.1) is 3.57 Å². The number of hydrogen-bond donors (Lipinski definition) is 1. The molecule has 0 heterocycles. The van der Waals surface area contributed by atoms with Gasteiger partial charge in [-0.1, -0.05) is 18.2 Å². The molecule has 0 aromatic heterocycles. The molecule has 0 spiro atoms. The monoisotopic (exact) mass is 369 g/mol. The molecule has 0 unspecified atom stereocenters. The summed E-state index contributed by atoms with van der Waals surface area (Å²) in [7, 11) is 1.64. The predicted molar refractivity (Wildman–Crippen MR) is 84.4 cm³/mol. The van der Waals surface area contributed by atoms with E-state index < -0.39 is 0 Å². The van der Waals surface area contributed by atoms with E-state index in [4.69, 9.17) is 15.2 Å². The first-order chi connectivity index (χ1) is 9.22.